The lowest BCUT2D eigenvalue weighted by atomic mass is 10.2. The van der Waals surface area contributed by atoms with Crippen molar-refractivity contribution in [1.29, 1.82) is 0 Å². The number of thiazole rings is 1. The zero-order chi connectivity index (χ0) is 16.7. The number of fused-ring (bicyclic) bond motifs is 1. The fourth-order valence-corrected chi connectivity index (χ4v) is 3.07. The Morgan fingerprint density at radius 1 is 1.26 bits per heavy atom. The standard InChI is InChI=1S/C16H21N3O3S/c1-11(20)17-10-5-3-4-9-14(21)18-16-19-15-12(22-2)7-6-8-13(15)23-16/h6-8H,3-5,9-10H2,1-2H3,(H,17,20)(H,18,19,21). The Morgan fingerprint density at radius 2 is 2.09 bits per heavy atom. The molecule has 1 aromatic heterocycles. The Labute approximate surface area is 139 Å². The molecule has 1 heterocycles. The molecule has 0 fully saturated rings. The SMILES string of the molecule is COc1cccc2sc(NC(=O)CCCCCNC(C)=O)nc12. The molecule has 6 nitrogen and oxygen atoms in total. The van der Waals surface area contributed by atoms with Crippen molar-refractivity contribution >= 4 is 38.5 Å². The van der Waals surface area contributed by atoms with Gasteiger partial charge < -0.3 is 15.4 Å². The lowest BCUT2D eigenvalue weighted by Crippen LogP contribution is -2.20. The molecule has 0 atom stereocenters. The number of nitrogens with one attached hydrogen (secondary N) is 2. The van der Waals surface area contributed by atoms with Gasteiger partial charge in [0.1, 0.15) is 11.3 Å². The smallest absolute Gasteiger partial charge is 0.226 e. The van der Waals surface area contributed by atoms with Crippen LogP contribution in [-0.2, 0) is 9.59 Å². The van der Waals surface area contributed by atoms with Crippen LogP contribution in [0, 0.1) is 0 Å². The molecule has 23 heavy (non-hydrogen) atoms. The number of rotatable bonds is 8. The Kier molecular flexibility index (Phi) is 6.34. The number of para-hydroxylation sites is 1. The van der Waals surface area contributed by atoms with E-state index in [0.717, 1.165) is 29.5 Å². The molecule has 0 saturated carbocycles. The molecular weight excluding hydrogens is 314 g/mol. The zero-order valence-electron chi connectivity index (χ0n) is 13.3. The molecule has 0 aliphatic carbocycles. The highest BCUT2D eigenvalue weighted by Gasteiger charge is 2.10. The molecule has 0 saturated heterocycles. The van der Waals surface area contributed by atoms with Crippen molar-refractivity contribution in [3.63, 3.8) is 0 Å². The molecule has 0 radical (unpaired) electrons. The van der Waals surface area contributed by atoms with E-state index < -0.39 is 0 Å². The van der Waals surface area contributed by atoms with E-state index in [-0.39, 0.29) is 11.8 Å². The second-order valence-electron chi connectivity index (χ2n) is 5.17. The molecule has 124 valence electrons. The molecule has 7 heteroatoms. The molecular formula is C16H21N3O3S. The number of hydrogen-bond acceptors (Lipinski definition) is 5. The average Bonchev–Trinajstić information content (AvgIpc) is 2.92. The lowest BCUT2D eigenvalue weighted by Gasteiger charge is -2.03. The van der Waals surface area contributed by atoms with Gasteiger partial charge in [0.25, 0.3) is 0 Å². The maximum Gasteiger partial charge on any atom is 0.226 e. The number of nitrogens with zero attached hydrogens (tertiary/aromatic N) is 1. The van der Waals surface area contributed by atoms with Gasteiger partial charge in [-0.25, -0.2) is 4.98 Å². The van der Waals surface area contributed by atoms with Crippen LogP contribution in [0.15, 0.2) is 18.2 Å². The molecule has 0 unspecified atom stereocenters. The van der Waals surface area contributed by atoms with Crippen LogP contribution in [0.25, 0.3) is 10.2 Å². The van der Waals surface area contributed by atoms with Crippen LogP contribution in [0.4, 0.5) is 5.13 Å². The van der Waals surface area contributed by atoms with Gasteiger partial charge in [-0.3, -0.25) is 9.59 Å². The van der Waals surface area contributed by atoms with E-state index in [4.69, 9.17) is 4.74 Å². The number of carbonyl (C=O) groups excluding carboxylic acids is 2. The van der Waals surface area contributed by atoms with Crippen molar-refractivity contribution in [2.75, 3.05) is 19.0 Å². The van der Waals surface area contributed by atoms with Crippen molar-refractivity contribution in [3.05, 3.63) is 18.2 Å². The number of aromatic nitrogens is 1. The number of methoxy groups -OCH3 is 1. The third-order valence-electron chi connectivity index (χ3n) is 3.30. The monoisotopic (exact) mass is 335 g/mol. The normalized spacial score (nSPS) is 10.5. The Hall–Kier alpha value is -2.15. The second kappa shape index (κ2) is 8.47. The fourth-order valence-electron chi connectivity index (χ4n) is 2.17. The highest BCUT2D eigenvalue weighted by Crippen LogP contribution is 2.32. The predicted molar refractivity (Wildman–Crippen MR) is 92.0 cm³/mol. The van der Waals surface area contributed by atoms with Crippen molar-refractivity contribution < 1.29 is 14.3 Å². The second-order valence-corrected chi connectivity index (χ2v) is 6.20. The van der Waals surface area contributed by atoms with Crippen molar-refractivity contribution in [2.24, 2.45) is 0 Å². The van der Waals surface area contributed by atoms with Crippen molar-refractivity contribution in [1.82, 2.24) is 10.3 Å². The average molecular weight is 335 g/mol. The van der Waals surface area contributed by atoms with Gasteiger partial charge in [0.15, 0.2) is 5.13 Å². The first kappa shape index (κ1) is 17.2. The minimum absolute atomic E-state index is 0.0194. The highest BCUT2D eigenvalue weighted by atomic mass is 32.1. The molecule has 1 aromatic carbocycles. The topological polar surface area (TPSA) is 80.3 Å². The first-order chi connectivity index (χ1) is 11.1. The van der Waals surface area contributed by atoms with E-state index in [0.29, 0.717) is 23.8 Å². The summed E-state index contributed by atoms with van der Waals surface area (Å²) in [5.41, 5.74) is 0.769. The van der Waals surface area contributed by atoms with Gasteiger partial charge in [-0.2, -0.15) is 0 Å². The number of unbranched alkanes of at least 4 members (excludes halogenated alkanes) is 2. The van der Waals surface area contributed by atoms with Crippen molar-refractivity contribution in [3.8, 4) is 5.75 Å². The van der Waals surface area contributed by atoms with E-state index >= 15 is 0 Å². The zero-order valence-corrected chi connectivity index (χ0v) is 14.2. The van der Waals surface area contributed by atoms with Crippen LogP contribution < -0.4 is 15.4 Å². The summed E-state index contributed by atoms with van der Waals surface area (Å²) in [7, 11) is 1.60. The highest BCUT2D eigenvalue weighted by molar-refractivity contribution is 7.22. The van der Waals surface area contributed by atoms with Gasteiger partial charge in [0, 0.05) is 19.9 Å². The molecule has 2 amide bonds. The summed E-state index contributed by atoms with van der Waals surface area (Å²) < 4.78 is 6.25. The van der Waals surface area contributed by atoms with E-state index in [2.05, 4.69) is 15.6 Å². The van der Waals surface area contributed by atoms with Crippen LogP contribution >= 0.6 is 11.3 Å². The van der Waals surface area contributed by atoms with Gasteiger partial charge in [-0.15, -0.1) is 0 Å². The molecule has 0 aliphatic heterocycles. The third kappa shape index (κ3) is 5.21. The summed E-state index contributed by atoms with van der Waals surface area (Å²) in [6, 6.07) is 5.70. The van der Waals surface area contributed by atoms with Crippen molar-refractivity contribution in [2.45, 2.75) is 32.6 Å². The van der Waals surface area contributed by atoms with Crippen LogP contribution in [0.3, 0.4) is 0 Å². The van der Waals surface area contributed by atoms with E-state index in [9.17, 15) is 9.59 Å². The number of anilines is 1. The largest absolute Gasteiger partial charge is 0.494 e. The fraction of sp³-hybridized carbons (Fsp3) is 0.438. The number of benzene rings is 1. The minimum atomic E-state index is -0.0393. The lowest BCUT2D eigenvalue weighted by molar-refractivity contribution is -0.119. The number of amides is 2. The Balaban J connectivity index is 1.78. The van der Waals surface area contributed by atoms with Crippen LogP contribution in [0.1, 0.15) is 32.6 Å². The van der Waals surface area contributed by atoms with Gasteiger partial charge in [0.2, 0.25) is 11.8 Å². The number of hydrogen-bond donors (Lipinski definition) is 2. The maximum atomic E-state index is 11.9. The number of ether oxygens (including phenoxy) is 1. The van der Waals surface area contributed by atoms with Gasteiger partial charge in [0.05, 0.1) is 11.8 Å². The Bertz CT molecular complexity index is 684. The summed E-state index contributed by atoms with van der Waals surface area (Å²) in [5, 5.41) is 6.16. The maximum absolute atomic E-state index is 11.9. The van der Waals surface area contributed by atoms with Gasteiger partial charge in [-0.1, -0.05) is 23.8 Å². The van der Waals surface area contributed by atoms with E-state index in [1.807, 2.05) is 18.2 Å². The Morgan fingerprint density at radius 3 is 2.83 bits per heavy atom. The molecule has 0 aliphatic rings. The van der Waals surface area contributed by atoms with E-state index in [1.165, 1.54) is 18.3 Å². The quantitative estimate of drug-likeness (QED) is 0.727. The summed E-state index contributed by atoms with van der Waals surface area (Å²) >= 11 is 1.44. The third-order valence-corrected chi connectivity index (χ3v) is 4.24. The summed E-state index contributed by atoms with van der Waals surface area (Å²) in [5.74, 6) is 0.647. The molecule has 2 rings (SSSR count). The summed E-state index contributed by atoms with van der Waals surface area (Å²) in [6.45, 7) is 2.16. The molecule has 2 aromatic rings. The summed E-state index contributed by atoms with van der Waals surface area (Å²) in [6.07, 6.45) is 3.03. The number of carbonyl (C=O) groups is 2. The molecule has 0 bridgehead atoms. The van der Waals surface area contributed by atoms with Gasteiger partial charge >= 0.3 is 0 Å². The first-order valence-corrected chi connectivity index (χ1v) is 8.39. The van der Waals surface area contributed by atoms with Crippen LogP contribution in [-0.4, -0.2) is 30.5 Å². The summed E-state index contributed by atoms with van der Waals surface area (Å²) in [4.78, 5) is 27.1. The minimum Gasteiger partial charge on any atom is -0.494 e. The van der Waals surface area contributed by atoms with E-state index in [1.54, 1.807) is 7.11 Å². The van der Waals surface area contributed by atoms with Crippen LogP contribution in [0.5, 0.6) is 5.75 Å². The predicted octanol–water partition coefficient (Wildman–Crippen LogP) is 2.94. The first-order valence-electron chi connectivity index (χ1n) is 7.58. The van der Waals surface area contributed by atoms with Crippen LogP contribution in [0.2, 0.25) is 0 Å². The van der Waals surface area contributed by atoms with Gasteiger partial charge in [-0.05, 0) is 25.0 Å². The molecule has 0 spiro atoms. The molecule has 2 N–H and O–H groups in total.